The van der Waals surface area contributed by atoms with Gasteiger partial charge in [-0.3, -0.25) is 4.79 Å². The predicted octanol–water partition coefficient (Wildman–Crippen LogP) is 2.48. The maximum Gasteiger partial charge on any atom is 0.223 e. The second kappa shape index (κ2) is 6.15. The van der Waals surface area contributed by atoms with Gasteiger partial charge in [-0.25, -0.2) is 4.39 Å². The number of carbonyl (C=O) groups is 1. The van der Waals surface area contributed by atoms with Crippen LogP contribution in [0.1, 0.15) is 38.2 Å². The summed E-state index contributed by atoms with van der Waals surface area (Å²) in [6.45, 7) is 2.00. The Morgan fingerprint density at radius 3 is 2.74 bits per heavy atom. The zero-order chi connectivity index (χ0) is 13.8. The lowest BCUT2D eigenvalue weighted by Gasteiger charge is -2.23. The molecular formula is C15H20FNO2. The molecule has 1 N–H and O–H groups in total. The number of hydrogen-bond donors (Lipinski definition) is 1. The fourth-order valence-electron chi connectivity index (χ4n) is 2.09. The first-order chi connectivity index (χ1) is 9.08. The minimum atomic E-state index is -0.474. The lowest BCUT2D eigenvalue weighted by molar-refractivity contribution is -0.133. The van der Waals surface area contributed by atoms with E-state index >= 15 is 0 Å². The van der Waals surface area contributed by atoms with Gasteiger partial charge in [0.2, 0.25) is 5.91 Å². The van der Waals surface area contributed by atoms with Crippen LogP contribution in [0.3, 0.4) is 0 Å². The summed E-state index contributed by atoms with van der Waals surface area (Å²) in [7, 11) is 0. The quantitative estimate of drug-likeness (QED) is 0.858. The summed E-state index contributed by atoms with van der Waals surface area (Å²) in [6, 6.07) is 6.81. The van der Waals surface area contributed by atoms with E-state index < -0.39 is 6.10 Å². The van der Waals surface area contributed by atoms with Crippen LogP contribution in [0.15, 0.2) is 24.3 Å². The summed E-state index contributed by atoms with van der Waals surface area (Å²) in [4.78, 5) is 13.9. The van der Waals surface area contributed by atoms with Gasteiger partial charge in [0.05, 0.1) is 6.10 Å². The molecule has 1 aromatic carbocycles. The number of nitrogens with zero attached hydrogens (tertiary/aromatic N) is 1. The molecule has 1 aromatic rings. The third kappa shape index (κ3) is 4.03. The van der Waals surface area contributed by atoms with E-state index in [4.69, 9.17) is 0 Å². The Kier molecular flexibility index (Phi) is 4.53. The molecule has 3 nitrogen and oxygen atoms in total. The fraction of sp³-hybridized carbons (Fsp3) is 0.533. The summed E-state index contributed by atoms with van der Waals surface area (Å²) < 4.78 is 13.6. The van der Waals surface area contributed by atoms with Crippen molar-refractivity contribution in [2.75, 3.05) is 0 Å². The number of benzene rings is 1. The highest BCUT2D eigenvalue weighted by Gasteiger charge is 2.32. The summed E-state index contributed by atoms with van der Waals surface area (Å²) in [5, 5.41) is 9.24. The van der Waals surface area contributed by atoms with Gasteiger partial charge in [-0.15, -0.1) is 0 Å². The molecular weight excluding hydrogens is 245 g/mol. The molecule has 0 spiro atoms. The van der Waals surface area contributed by atoms with E-state index in [0.29, 0.717) is 24.9 Å². The number of amides is 1. The van der Waals surface area contributed by atoms with Crippen molar-refractivity contribution in [3.8, 4) is 0 Å². The van der Waals surface area contributed by atoms with Crippen LogP contribution in [0, 0.1) is 5.82 Å². The van der Waals surface area contributed by atoms with Crippen molar-refractivity contribution in [2.45, 2.75) is 51.3 Å². The van der Waals surface area contributed by atoms with E-state index in [9.17, 15) is 14.3 Å². The van der Waals surface area contributed by atoms with Crippen LogP contribution in [0.2, 0.25) is 0 Å². The van der Waals surface area contributed by atoms with Gasteiger partial charge in [0, 0.05) is 24.6 Å². The van der Waals surface area contributed by atoms with Crippen molar-refractivity contribution < 1.29 is 14.3 Å². The summed E-state index contributed by atoms with van der Waals surface area (Å²) >= 11 is 0. The Morgan fingerprint density at radius 1 is 1.47 bits per heavy atom. The summed E-state index contributed by atoms with van der Waals surface area (Å²) in [5.41, 5.74) is 0.555. The van der Waals surface area contributed by atoms with Crippen molar-refractivity contribution in [1.29, 1.82) is 0 Å². The fourth-order valence-corrected chi connectivity index (χ4v) is 2.09. The third-order valence-electron chi connectivity index (χ3n) is 3.38. The Balaban J connectivity index is 2.00. The van der Waals surface area contributed by atoms with Gasteiger partial charge in [0.25, 0.3) is 0 Å². The standard InChI is InChI=1S/C15H20FNO2/c1-11(18)6-9-15(19)17(13-7-8-13)10-12-4-2-3-5-14(12)16/h2-5,11,13,18H,6-10H2,1H3. The number of carbonyl (C=O) groups excluding carboxylic acids is 1. The molecule has 0 aliphatic heterocycles. The molecule has 0 bridgehead atoms. The summed E-state index contributed by atoms with van der Waals surface area (Å²) in [5.74, 6) is -0.261. The van der Waals surface area contributed by atoms with Crippen LogP contribution in [0.4, 0.5) is 4.39 Å². The van der Waals surface area contributed by atoms with Crippen LogP contribution < -0.4 is 0 Å². The first kappa shape index (κ1) is 14.0. The van der Waals surface area contributed by atoms with Gasteiger partial charge in [0.15, 0.2) is 0 Å². The Hall–Kier alpha value is -1.42. The molecule has 4 heteroatoms. The molecule has 1 atom stereocenters. The molecule has 0 radical (unpaired) electrons. The Labute approximate surface area is 113 Å². The van der Waals surface area contributed by atoms with Gasteiger partial charge in [-0.05, 0) is 32.3 Å². The predicted molar refractivity (Wildman–Crippen MR) is 70.9 cm³/mol. The van der Waals surface area contributed by atoms with Crippen molar-refractivity contribution in [1.82, 2.24) is 4.90 Å². The minimum Gasteiger partial charge on any atom is -0.393 e. The number of aliphatic hydroxyl groups is 1. The maximum atomic E-state index is 13.6. The van der Waals surface area contributed by atoms with Crippen LogP contribution in [-0.4, -0.2) is 28.1 Å². The topological polar surface area (TPSA) is 40.5 Å². The zero-order valence-electron chi connectivity index (χ0n) is 11.2. The number of rotatable bonds is 6. The molecule has 2 rings (SSSR count). The molecule has 0 heterocycles. The lowest BCUT2D eigenvalue weighted by atomic mass is 10.1. The van der Waals surface area contributed by atoms with Gasteiger partial charge in [-0.1, -0.05) is 18.2 Å². The normalized spacial score (nSPS) is 16.2. The first-order valence-electron chi connectivity index (χ1n) is 6.79. The average Bonchev–Trinajstić information content (AvgIpc) is 3.19. The van der Waals surface area contributed by atoms with Crippen LogP contribution in [0.25, 0.3) is 0 Å². The Morgan fingerprint density at radius 2 is 2.16 bits per heavy atom. The average molecular weight is 265 g/mol. The lowest BCUT2D eigenvalue weighted by Crippen LogP contribution is -2.33. The van der Waals surface area contributed by atoms with Gasteiger partial charge >= 0.3 is 0 Å². The second-order valence-electron chi connectivity index (χ2n) is 5.23. The highest BCUT2D eigenvalue weighted by Crippen LogP contribution is 2.29. The van der Waals surface area contributed by atoms with E-state index in [1.54, 1.807) is 30.0 Å². The van der Waals surface area contributed by atoms with Crippen LogP contribution >= 0.6 is 0 Å². The smallest absolute Gasteiger partial charge is 0.223 e. The molecule has 0 saturated heterocycles. The molecule has 0 aromatic heterocycles. The third-order valence-corrected chi connectivity index (χ3v) is 3.38. The molecule has 1 amide bonds. The van der Waals surface area contributed by atoms with Gasteiger partial charge < -0.3 is 10.0 Å². The zero-order valence-corrected chi connectivity index (χ0v) is 11.2. The monoisotopic (exact) mass is 265 g/mol. The highest BCUT2D eigenvalue weighted by atomic mass is 19.1. The molecule has 104 valence electrons. The van der Waals surface area contributed by atoms with Crippen LogP contribution in [0.5, 0.6) is 0 Å². The first-order valence-corrected chi connectivity index (χ1v) is 6.79. The molecule has 1 aliphatic carbocycles. The molecule has 1 aliphatic rings. The van der Waals surface area contributed by atoms with Crippen molar-refractivity contribution in [3.05, 3.63) is 35.6 Å². The summed E-state index contributed by atoms with van der Waals surface area (Å²) in [6.07, 6.45) is 2.30. The van der Waals surface area contributed by atoms with Crippen molar-refractivity contribution in [2.24, 2.45) is 0 Å². The Bertz CT molecular complexity index is 444. The van der Waals surface area contributed by atoms with Crippen LogP contribution in [-0.2, 0) is 11.3 Å². The molecule has 1 fully saturated rings. The number of aliphatic hydroxyl groups excluding tert-OH is 1. The van der Waals surface area contributed by atoms with E-state index in [1.807, 2.05) is 0 Å². The van der Waals surface area contributed by atoms with Crippen molar-refractivity contribution in [3.63, 3.8) is 0 Å². The van der Waals surface area contributed by atoms with E-state index in [2.05, 4.69) is 0 Å². The van der Waals surface area contributed by atoms with Gasteiger partial charge in [0.1, 0.15) is 5.82 Å². The second-order valence-corrected chi connectivity index (χ2v) is 5.23. The highest BCUT2D eigenvalue weighted by molar-refractivity contribution is 5.76. The molecule has 1 unspecified atom stereocenters. The van der Waals surface area contributed by atoms with E-state index in [0.717, 1.165) is 12.8 Å². The van der Waals surface area contributed by atoms with E-state index in [1.165, 1.54) is 6.07 Å². The molecule has 19 heavy (non-hydrogen) atoms. The minimum absolute atomic E-state index is 0.00616. The van der Waals surface area contributed by atoms with Crippen molar-refractivity contribution >= 4 is 5.91 Å². The largest absolute Gasteiger partial charge is 0.393 e. The maximum absolute atomic E-state index is 13.6. The number of halogens is 1. The SMILES string of the molecule is CC(O)CCC(=O)N(Cc1ccccc1F)C1CC1. The number of hydrogen-bond acceptors (Lipinski definition) is 2. The van der Waals surface area contributed by atoms with E-state index in [-0.39, 0.29) is 17.8 Å². The molecule has 1 saturated carbocycles. The van der Waals surface area contributed by atoms with Gasteiger partial charge in [-0.2, -0.15) is 0 Å².